The van der Waals surface area contributed by atoms with Crippen molar-refractivity contribution < 1.29 is 23.5 Å². The Morgan fingerprint density at radius 3 is 2.71 bits per heavy atom. The van der Waals surface area contributed by atoms with Crippen LogP contribution in [0.15, 0.2) is 46.2 Å². The lowest BCUT2D eigenvalue weighted by molar-refractivity contribution is -0.149. The minimum absolute atomic E-state index is 0.00613. The predicted molar refractivity (Wildman–Crippen MR) is 114 cm³/mol. The highest BCUT2D eigenvalue weighted by atomic mass is 32.1. The van der Waals surface area contributed by atoms with E-state index in [2.05, 4.69) is 15.5 Å². The first-order chi connectivity index (χ1) is 14.9. The number of ether oxygens (including phenoxy) is 1. The van der Waals surface area contributed by atoms with Gasteiger partial charge in [0.1, 0.15) is 0 Å². The Morgan fingerprint density at radius 1 is 1.13 bits per heavy atom. The van der Waals surface area contributed by atoms with E-state index in [1.165, 1.54) is 11.3 Å². The van der Waals surface area contributed by atoms with Gasteiger partial charge in [-0.05, 0) is 37.4 Å². The van der Waals surface area contributed by atoms with E-state index in [0.717, 1.165) is 11.1 Å². The number of Topliss-reactive ketones (excluding diaryl/α,β-unsaturated/α-hetero) is 1. The molecule has 0 aliphatic rings. The number of carbonyl (C=O) groups excluding carboxylic acids is 3. The molecule has 0 aliphatic heterocycles. The molecular weight excluding hydrogens is 418 g/mol. The number of amides is 1. The van der Waals surface area contributed by atoms with E-state index < -0.39 is 12.1 Å². The standard InChI is InChI=1S/C22H23N3O5S/c1-14-5-3-6-16(13-14)22-25-24-21(30-22)15(2)29-20(28)10-11-23-19(27)9-8-17(26)18-7-4-12-31-18/h3-7,12-13,15H,8-11H2,1-2H3,(H,23,27)/t15-/m1/s1. The van der Waals surface area contributed by atoms with Crippen LogP contribution in [0.2, 0.25) is 0 Å². The third-order valence-corrected chi connectivity index (χ3v) is 5.30. The van der Waals surface area contributed by atoms with Gasteiger partial charge in [0.15, 0.2) is 11.9 Å². The van der Waals surface area contributed by atoms with E-state index in [9.17, 15) is 14.4 Å². The molecule has 1 N–H and O–H groups in total. The lowest BCUT2D eigenvalue weighted by atomic mass is 10.1. The van der Waals surface area contributed by atoms with Gasteiger partial charge in [-0.2, -0.15) is 0 Å². The van der Waals surface area contributed by atoms with Gasteiger partial charge in [-0.3, -0.25) is 14.4 Å². The SMILES string of the molecule is Cc1cccc(-c2nnc([C@@H](C)OC(=O)CCNC(=O)CCC(=O)c3cccs3)o2)c1. The molecule has 9 heteroatoms. The smallest absolute Gasteiger partial charge is 0.308 e. The minimum atomic E-state index is -0.710. The average Bonchev–Trinajstić information content (AvgIpc) is 3.44. The van der Waals surface area contributed by atoms with Crippen molar-refractivity contribution in [3.05, 3.63) is 58.1 Å². The maximum atomic E-state index is 12.0. The van der Waals surface area contributed by atoms with Crippen LogP contribution in [0.25, 0.3) is 11.5 Å². The number of hydrogen-bond donors (Lipinski definition) is 1. The number of nitrogens with zero attached hydrogens (tertiary/aromatic N) is 2. The first-order valence-electron chi connectivity index (χ1n) is 9.85. The number of carbonyl (C=O) groups is 3. The molecule has 31 heavy (non-hydrogen) atoms. The fourth-order valence-electron chi connectivity index (χ4n) is 2.78. The quantitative estimate of drug-likeness (QED) is 0.375. The minimum Gasteiger partial charge on any atom is -0.453 e. The first-order valence-corrected chi connectivity index (χ1v) is 10.7. The number of nitrogens with one attached hydrogen (secondary N) is 1. The van der Waals surface area contributed by atoms with E-state index in [1.54, 1.807) is 19.1 Å². The van der Waals surface area contributed by atoms with Gasteiger partial charge in [-0.25, -0.2) is 0 Å². The maximum Gasteiger partial charge on any atom is 0.308 e. The van der Waals surface area contributed by atoms with Gasteiger partial charge in [0, 0.05) is 24.9 Å². The molecule has 0 aliphatic carbocycles. The average molecular weight is 442 g/mol. The molecular formula is C22H23N3O5S. The second kappa shape index (κ2) is 10.6. The largest absolute Gasteiger partial charge is 0.453 e. The number of thiophene rings is 1. The Bertz CT molecular complexity index is 1050. The summed E-state index contributed by atoms with van der Waals surface area (Å²) in [5.41, 5.74) is 1.85. The lowest BCUT2D eigenvalue weighted by Gasteiger charge is -2.10. The Morgan fingerprint density at radius 2 is 1.97 bits per heavy atom. The Hall–Kier alpha value is -3.33. The molecule has 1 aromatic carbocycles. The summed E-state index contributed by atoms with van der Waals surface area (Å²) in [6.07, 6.45) is -0.508. The molecule has 0 spiro atoms. The molecule has 0 saturated heterocycles. The van der Waals surface area contributed by atoms with Crippen LogP contribution in [0.4, 0.5) is 0 Å². The van der Waals surface area contributed by atoms with Gasteiger partial charge in [0.05, 0.1) is 11.3 Å². The molecule has 0 radical (unpaired) electrons. The van der Waals surface area contributed by atoms with Crippen LogP contribution in [0.1, 0.15) is 53.4 Å². The number of aryl methyl sites for hydroxylation is 1. The fraction of sp³-hybridized carbons (Fsp3) is 0.318. The van der Waals surface area contributed by atoms with Gasteiger partial charge in [0.25, 0.3) is 5.89 Å². The van der Waals surface area contributed by atoms with Gasteiger partial charge in [-0.1, -0.05) is 23.8 Å². The fourth-order valence-corrected chi connectivity index (χ4v) is 3.47. The molecule has 3 rings (SSSR count). The Kier molecular flexibility index (Phi) is 7.66. The summed E-state index contributed by atoms with van der Waals surface area (Å²) in [6, 6.07) is 11.2. The van der Waals surface area contributed by atoms with Crippen molar-refractivity contribution in [2.45, 2.75) is 39.2 Å². The van der Waals surface area contributed by atoms with Crippen LogP contribution >= 0.6 is 11.3 Å². The second-order valence-electron chi connectivity index (χ2n) is 6.95. The van der Waals surface area contributed by atoms with Crippen molar-refractivity contribution in [3.63, 3.8) is 0 Å². The molecule has 3 aromatic rings. The molecule has 0 bridgehead atoms. The number of aromatic nitrogens is 2. The van der Waals surface area contributed by atoms with Crippen molar-refractivity contribution >= 4 is 29.0 Å². The second-order valence-corrected chi connectivity index (χ2v) is 7.90. The van der Waals surface area contributed by atoms with E-state index in [4.69, 9.17) is 9.15 Å². The molecule has 8 nitrogen and oxygen atoms in total. The molecule has 2 heterocycles. The third kappa shape index (κ3) is 6.58. The van der Waals surface area contributed by atoms with Crippen LogP contribution in [0, 0.1) is 6.92 Å². The number of esters is 1. The molecule has 1 atom stereocenters. The Balaban J connectivity index is 1.38. The van der Waals surface area contributed by atoms with Crippen LogP contribution in [0.3, 0.4) is 0 Å². The van der Waals surface area contributed by atoms with E-state index >= 15 is 0 Å². The predicted octanol–water partition coefficient (Wildman–Crippen LogP) is 3.88. The number of benzene rings is 1. The number of rotatable bonds is 10. The lowest BCUT2D eigenvalue weighted by Crippen LogP contribution is -2.27. The van der Waals surface area contributed by atoms with Gasteiger partial charge < -0.3 is 14.5 Å². The zero-order chi connectivity index (χ0) is 22.2. The summed E-state index contributed by atoms with van der Waals surface area (Å²) in [7, 11) is 0. The molecule has 2 aromatic heterocycles. The number of ketones is 1. The van der Waals surface area contributed by atoms with E-state index in [-0.39, 0.29) is 43.4 Å². The van der Waals surface area contributed by atoms with Crippen molar-refractivity contribution in [3.8, 4) is 11.5 Å². The highest BCUT2D eigenvalue weighted by molar-refractivity contribution is 7.12. The summed E-state index contributed by atoms with van der Waals surface area (Å²) < 4.78 is 10.9. The van der Waals surface area contributed by atoms with E-state index in [0.29, 0.717) is 10.8 Å². The first kappa shape index (κ1) is 22.4. The zero-order valence-electron chi connectivity index (χ0n) is 17.3. The molecule has 1 amide bonds. The molecule has 0 saturated carbocycles. The summed E-state index contributed by atoms with van der Waals surface area (Å²) in [4.78, 5) is 36.4. The highest BCUT2D eigenvalue weighted by Gasteiger charge is 2.19. The van der Waals surface area contributed by atoms with Gasteiger partial charge in [-0.15, -0.1) is 21.5 Å². The van der Waals surface area contributed by atoms with Crippen LogP contribution in [0.5, 0.6) is 0 Å². The van der Waals surface area contributed by atoms with Crippen LogP contribution in [-0.4, -0.2) is 34.4 Å². The van der Waals surface area contributed by atoms with Crippen molar-refractivity contribution in [1.29, 1.82) is 0 Å². The van der Waals surface area contributed by atoms with E-state index in [1.807, 2.05) is 36.6 Å². The highest BCUT2D eigenvalue weighted by Crippen LogP contribution is 2.23. The van der Waals surface area contributed by atoms with Crippen molar-refractivity contribution in [2.75, 3.05) is 6.54 Å². The van der Waals surface area contributed by atoms with Crippen LogP contribution < -0.4 is 5.32 Å². The summed E-state index contributed by atoms with van der Waals surface area (Å²) in [6.45, 7) is 3.72. The van der Waals surface area contributed by atoms with Crippen molar-refractivity contribution in [2.24, 2.45) is 0 Å². The monoisotopic (exact) mass is 441 g/mol. The van der Waals surface area contributed by atoms with Crippen LogP contribution in [-0.2, 0) is 14.3 Å². The van der Waals surface area contributed by atoms with Gasteiger partial charge >= 0.3 is 5.97 Å². The number of hydrogen-bond acceptors (Lipinski definition) is 8. The third-order valence-electron chi connectivity index (χ3n) is 4.39. The topological polar surface area (TPSA) is 111 Å². The molecule has 162 valence electrons. The Labute approximate surface area is 183 Å². The van der Waals surface area contributed by atoms with Gasteiger partial charge in [0.2, 0.25) is 11.8 Å². The summed E-state index contributed by atoms with van der Waals surface area (Å²) in [5.74, 6) is -0.307. The normalized spacial score (nSPS) is 11.7. The molecule has 0 unspecified atom stereocenters. The van der Waals surface area contributed by atoms with Crippen molar-refractivity contribution in [1.82, 2.24) is 15.5 Å². The molecule has 0 fully saturated rings. The summed E-state index contributed by atoms with van der Waals surface area (Å²) in [5, 5.41) is 12.4. The maximum absolute atomic E-state index is 12.0. The summed E-state index contributed by atoms with van der Waals surface area (Å²) >= 11 is 1.35. The zero-order valence-corrected chi connectivity index (χ0v) is 18.1.